The largest absolute Gasteiger partial charge is 0.478 e. The summed E-state index contributed by atoms with van der Waals surface area (Å²) in [4.78, 5) is 26.5. The van der Waals surface area contributed by atoms with Crippen molar-refractivity contribution >= 4 is 34.6 Å². The van der Waals surface area contributed by atoms with Crippen molar-refractivity contribution in [3.05, 3.63) is 46.2 Å². The number of carboxylic acids is 1. The Morgan fingerprint density at radius 1 is 1.33 bits per heavy atom. The molecular weight excluding hydrogens is 324 g/mol. The summed E-state index contributed by atoms with van der Waals surface area (Å²) >= 11 is 1.35. The van der Waals surface area contributed by atoms with Gasteiger partial charge in [-0.1, -0.05) is 13.0 Å². The van der Waals surface area contributed by atoms with Crippen molar-refractivity contribution in [3.8, 4) is 0 Å². The number of hydrogen-bond donors (Lipinski definition) is 2. The Kier molecular flexibility index (Phi) is 4.85. The van der Waals surface area contributed by atoms with Crippen molar-refractivity contribution in [2.24, 2.45) is 5.92 Å². The number of nitrogens with zero attached hydrogens (tertiary/aromatic N) is 1. The van der Waals surface area contributed by atoms with E-state index in [4.69, 9.17) is 0 Å². The molecular formula is C18H20N2O3S. The Balaban J connectivity index is 1.84. The van der Waals surface area contributed by atoms with Crippen LogP contribution in [0.1, 0.15) is 39.8 Å². The molecule has 2 heterocycles. The lowest BCUT2D eigenvalue weighted by atomic mass is 9.98. The predicted molar refractivity (Wildman–Crippen MR) is 96.3 cm³/mol. The van der Waals surface area contributed by atoms with Gasteiger partial charge in [-0.2, -0.15) is 0 Å². The van der Waals surface area contributed by atoms with Crippen molar-refractivity contribution in [1.82, 2.24) is 0 Å². The first kappa shape index (κ1) is 16.5. The highest BCUT2D eigenvalue weighted by Gasteiger charge is 2.22. The third-order valence-electron chi connectivity index (χ3n) is 4.23. The fourth-order valence-electron chi connectivity index (χ4n) is 3.07. The van der Waals surface area contributed by atoms with Crippen LogP contribution in [0.15, 0.2) is 35.7 Å². The molecule has 1 aromatic carbocycles. The van der Waals surface area contributed by atoms with Gasteiger partial charge in [-0.25, -0.2) is 4.79 Å². The van der Waals surface area contributed by atoms with E-state index in [-0.39, 0.29) is 11.5 Å². The standard InChI is InChI=1S/C18H20N2O3S/c1-12-4-2-8-20(11-12)15-7-6-13(10-14(15)18(22)23)19-17(21)16-5-3-9-24-16/h3,5-7,9-10,12H,2,4,8,11H2,1H3,(H,19,21)(H,22,23)/t12-/m0/s1. The molecule has 0 spiro atoms. The molecule has 1 aromatic heterocycles. The minimum absolute atomic E-state index is 0.222. The lowest BCUT2D eigenvalue weighted by Crippen LogP contribution is -2.35. The minimum atomic E-state index is -0.976. The molecule has 5 nitrogen and oxygen atoms in total. The SMILES string of the molecule is C[C@H]1CCCN(c2ccc(NC(=O)c3cccs3)cc2C(=O)O)C1. The van der Waals surface area contributed by atoms with Gasteiger partial charge in [0, 0.05) is 18.8 Å². The first-order chi connectivity index (χ1) is 11.5. The number of aromatic carboxylic acids is 1. The molecule has 1 atom stereocenters. The second-order valence-electron chi connectivity index (χ2n) is 6.16. The normalized spacial score (nSPS) is 17.5. The number of carboxylic acid groups (broad SMARTS) is 1. The lowest BCUT2D eigenvalue weighted by Gasteiger charge is -2.33. The van der Waals surface area contributed by atoms with E-state index in [1.165, 1.54) is 17.8 Å². The van der Waals surface area contributed by atoms with Crippen molar-refractivity contribution in [1.29, 1.82) is 0 Å². The molecule has 3 rings (SSSR count). The number of thiophene rings is 1. The van der Waals surface area contributed by atoms with Crippen molar-refractivity contribution in [2.45, 2.75) is 19.8 Å². The van der Waals surface area contributed by atoms with Gasteiger partial charge < -0.3 is 15.3 Å². The van der Waals surface area contributed by atoms with E-state index in [9.17, 15) is 14.7 Å². The number of carbonyl (C=O) groups is 2. The lowest BCUT2D eigenvalue weighted by molar-refractivity contribution is 0.0697. The maximum absolute atomic E-state index is 12.1. The number of carbonyl (C=O) groups excluding carboxylic acids is 1. The van der Waals surface area contributed by atoms with Gasteiger partial charge in [-0.15, -0.1) is 11.3 Å². The van der Waals surface area contributed by atoms with E-state index < -0.39 is 5.97 Å². The summed E-state index contributed by atoms with van der Waals surface area (Å²) in [5.41, 5.74) is 1.45. The molecule has 1 fully saturated rings. The molecule has 0 bridgehead atoms. The first-order valence-corrected chi connectivity index (χ1v) is 8.89. The molecule has 2 N–H and O–H groups in total. The van der Waals surface area contributed by atoms with E-state index in [1.54, 1.807) is 24.3 Å². The van der Waals surface area contributed by atoms with Crippen molar-refractivity contribution in [2.75, 3.05) is 23.3 Å². The molecule has 1 amide bonds. The summed E-state index contributed by atoms with van der Waals surface area (Å²) in [7, 11) is 0. The molecule has 0 radical (unpaired) electrons. The van der Waals surface area contributed by atoms with Crippen LogP contribution in [0, 0.1) is 5.92 Å². The Morgan fingerprint density at radius 3 is 2.83 bits per heavy atom. The maximum Gasteiger partial charge on any atom is 0.337 e. The number of nitrogens with one attached hydrogen (secondary N) is 1. The number of rotatable bonds is 4. The highest BCUT2D eigenvalue weighted by Crippen LogP contribution is 2.29. The van der Waals surface area contributed by atoms with E-state index in [0.717, 1.165) is 25.2 Å². The maximum atomic E-state index is 12.1. The third kappa shape index (κ3) is 3.59. The average Bonchev–Trinajstić information content (AvgIpc) is 3.09. The van der Waals surface area contributed by atoms with Crippen LogP contribution in [0.3, 0.4) is 0 Å². The number of anilines is 2. The number of benzene rings is 1. The Hall–Kier alpha value is -2.34. The smallest absolute Gasteiger partial charge is 0.337 e. The van der Waals surface area contributed by atoms with E-state index in [0.29, 0.717) is 16.5 Å². The van der Waals surface area contributed by atoms with Gasteiger partial charge in [-0.05, 0) is 48.4 Å². The highest BCUT2D eigenvalue weighted by molar-refractivity contribution is 7.12. The monoisotopic (exact) mass is 344 g/mol. The summed E-state index contributed by atoms with van der Waals surface area (Å²) in [5.74, 6) is -0.644. The molecule has 0 aliphatic carbocycles. The summed E-state index contributed by atoms with van der Waals surface area (Å²) < 4.78 is 0. The molecule has 0 unspecified atom stereocenters. The zero-order valence-corrected chi connectivity index (χ0v) is 14.3. The Morgan fingerprint density at radius 2 is 2.17 bits per heavy atom. The molecule has 24 heavy (non-hydrogen) atoms. The third-order valence-corrected chi connectivity index (χ3v) is 5.10. The zero-order valence-electron chi connectivity index (χ0n) is 13.5. The summed E-state index contributed by atoms with van der Waals surface area (Å²) in [5, 5.41) is 14.2. The van der Waals surface area contributed by atoms with Crippen molar-refractivity contribution in [3.63, 3.8) is 0 Å². The van der Waals surface area contributed by atoms with Gasteiger partial charge in [0.05, 0.1) is 16.1 Å². The average molecular weight is 344 g/mol. The predicted octanol–water partition coefficient (Wildman–Crippen LogP) is 3.93. The number of hydrogen-bond acceptors (Lipinski definition) is 4. The van der Waals surface area contributed by atoms with Crippen LogP contribution in [-0.4, -0.2) is 30.1 Å². The number of piperidine rings is 1. The van der Waals surface area contributed by atoms with E-state index >= 15 is 0 Å². The molecule has 1 aliphatic heterocycles. The fourth-order valence-corrected chi connectivity index (χ4v) is 3.69. The van der Waals surface area contributed by atoms with Gasteiger partial charge in [0.2, 0.25) is 0 Å². The summed E-state index contributed by atoms with van der Waals surface area (Å²) in [6.07, 6.45) is 2.24. The molecule has 0 saturated carbocycles. The second kappa shape index (κ2) is 7.05. The van der Waals surface area contributed by atoms with Gasteiger partial charge in [0.1, 0.15) is 0 Å². The van der Waals surface area contributed by atoms with Crippen LogP contribution in [0.2, 0.25) is 0 Å². The van der Waals surface area contributed by atoms with Crippen LogP contribution >= 0.6 is 11.3 Å². The highest BCUT2D eigenvalue weighted by atomic mass is 32.1. The van der Waals surface area contributed by atoms with Crippen LogP contribution in [-0.2, 0) is 0 Å². The molecule has 2 aromatic rings. The van der Waals surface area contributed by atoms with Gasteiger partial charge in [0.25, 0.3) is 5.91 Å². The summed E-state index contributed by atoms with van der Waals surface area (Å²) in [6.45, 7) is 3.91. The Bertz CT molecular complexity index is 743. The van der Waals surface area contributed by atoms with Gasteiger partial charge in [0.15, 0.2) is 0 Å². The van der Waals surface area contributed by atoms with Crippen LogP contribution in [0.5, 0.6) is 0 Å². The Labute approximate surface area is 144 Å². The molecule has 1 saturated heterocycles. The van der Waals surface area contributed by atoms with Crippen LogP contribution in [0.25, 0.3) is 0 Å². The van der Waals surface area contributed by atoms with Gasteiger partial charge >= 0.3 is 5.97 Å². The fraction of sp³-hybridized carbons (Fsp3) is 0.333. The first-order valence-electron chi connectivity index (χ1n) is 8.01. The quantitative estimate of drug-likeness (QED) is 0.881. The van der Waals surface area contributed by atoms with E-state index in [1.807, 2.05) is 11.4 Å². The van der Waals surface area contributed by atoms with Crippen LogP contribution < -0.4 is 10.2 Å². The molecule has 126 valence electrons. The van der Waals surface area contributed by atoms with Gasteiger partial charge in [-0.3, -0.25) is 4.79 Å². The van der Waals surface area contributed by atoms with E-state index in [2.05, 4.69) is 17.1 Å². The minimum Gasteiger partial charge on any atom is -0.478 e. The second-order valence-corrected chi connectivity index (χ2v) is 7.11. The zero-order chi connectivity index (χ0) is 17.1. The molecule has 1 aliphatic rings. The van der Waals surface area contributed by atoms with Crippen LogP contribution in [0.4, 0.5) is 11.4 Å². The summed E-state index contributed by atoms with van der Waals surface area (Å²) in [6, 6.07) is 8.66. The van der Waals surface area contributed by atoms with Crippen molar-refractivity contribution < 1.29 is 14.7 Å². The molecule has 6 heteroatoms. The number of amides is 1. The topological polar surface area (TPSA) is 69.6 Å².